The summed E-state index contributed by atoms with van der Waals surface area (Å²) in [5, 5.41) is 29.2. The summed E-state index contributed by atoms with van der Waals surface area (Å²) < 4.78 is 6.19. The summed E-state index contributed by atoms with van der Waals surface area (Å²) in [6, 6.07) is 8.84. The zero-order valence-corrected chi connectivity index (χ0v) is 14.0. The van der Waals surface area contributed by atoms with Gasteiger partial charge in [-0.25, -0.2) is 0 Å². The number of carbonyl (C=O) groups excluding carboxylic acids is 1. The number of phenols is 3. The van der Waals surface area contributed by atoms with Crippen molar-refractivity contribution in [2.24, 2.45) is 0 Å². The van der Waals surface area contributed by atoms with Gasteiger partial charge in [-0.3, -0.25) is 4.79 Å². The summed E-state index contributed by atoms with van der Waals surface area (Å²) in [4.78, 5) is 12.7. The molecular weight excluding hydrogens is 320 g/mol. The highest BCUT2D eigenvalue weighted by Gasteiger charge is 2.42. The van der Waals surface area contributed by atoms with Gasteiger partial charge in [0, 0.05) is 6.07 Å². The molecule has 1 atom stereocenters. The van der Waals surface area contributed by atoms with Crippen LogP contribution in [-0.2, 0) is 5.60 Å². The van der Waals surface area contributed by atoms with Crippen molar-refractivity contribution < 1.29 is 24.9 Å². The molecule has 0 saturated carbocycles. The predicted octanol–water partition coefficient (Wildman–Crippen LogP) is 4.02. The lowest BCUT2D eigenvalue weighted by molar-refractivity contribution is 0.0314. The Kier molecular flexibility index (Phi) is 4.17. The maximum atomic E-state index is 12.7. The van der Waals surface area contributed by atoms with Crippen molar-refractivity contribution in [2.45, 2.75) is 31.8 Å². The Labute approximate surface area is 145 Å². The summed E-state index contributed by atoms with van der Waals surface area (Å²) in [5.41, 5.74) is 0.959. The highest BCUT2D eigenvalue weighted by molar-refractivity contribution is 6.00. The van der Waals surface area contributed by atoms with Gasteiger partial charge < -0.3 is 20.1 Å². The summed E-state index contributed by atoms with van der Waals surface area (Å²) in [5.74, 6) is -0.291. The highest BCUT2D eigenvalue weighted by atomic mass is 16.5. The van der Waals surface area contributed by atoms with E-state index >= 15 is 0 Å². The number of allylic oxidation sites excluding steroid dienone is 1. The van der Waals surface area contributed by atoms with E-state index in [4.69, 9.17) is 4.74 Å². The SMILES string of the molecule is C=C(C)CCC1(c2ccc(O)c(O)c2)CC(=O)c2ccc(O)cc2O1. The molecule has 2 aromatic carbocycles. The molecule has 5 nitrogen and oxygen atoms in total. The topological polar surface area (TPSA) is 87.0 Å². The number of ketones is 1. The molecule has 0 spiro atoms. The second kappa shape index (κ2) is 6.16. The lowest BCUT2D eigenvalue weighted by Gasteiger charge is -2.38. The molecule has 5 heteroatoms. The standard InChI is InChI=1S/C20H20O5/c1-12(2)7-8-20(13-3-6-16(22)17(23)9-13)11-18(24)15-5-4-14(21)10-19(15)25-20/h3-6,9-10,21-23H,1,7-8,11H2,2H3. The first kappa shape index (κ1) is 16.9. The number of hydrogen-bond acceptors (Lipinski definition) is 5. The number of benzene rings is 2. The van der Waals surface area contributed by atoms with Crippen LogP contribution < -0.4 is 4.74 Å². The van der Waals surface area contributed by atoms with Gasteiger partial charge in [-0.15, -0.1) is 6.58 Å². The largest absolute Gasteiger partial charge is 0.508 e. The summed E-state index contributed by atoms with van der Waals surface area (Å²) >= 11 is 0. The first-order valence-electron chi connectivity index (χ1n) is 8.03. The minimum absolute atomic E-state index is 0.0100. The smallest absolute Gasteiger partial charge is 0.170 e. The third-order valence-electron chi connectivity index (χ3n) is 4.47. The molecule has 2 aromatic rings. The van der Waals surface area contributed by atoms with Crippen molar-refractivity contribution in [1.82, 2.24) is 0 Å². The Morgan fingerprint density at radius 3 is 2.60 bits per heavy atom. The van der Waals surface area contributed by atoms with Crippen LogP contribution in [-0.4, -0.2) is 21.1 Å². The molecule has 0 aromatic heterocycles. The van der Waals surface area contributed by atoms with Crippen molar-refractivity contribution in [3.05, 3.63) is 59.7 Å². The van der Waals surface area contributed by atoms with Crippen LogP contribution in [0.15, 0.2) is 48.6 Å². The zero-order valence-electron chi connectivity index (χ0n) is 14.0. The van der Waals surface area contributed by atoms with Crippen LogP contribution in [0.2, 0.25) is 0 Å². The molecule has 1 unspecified atom stereocenters. The molecule has 1 aliphatic rings. The molecule has 0 radical (unpaired) electrons. The third kappa shape index (κ3) is 3.18. The van der Waals surface area contributed by atoms with Gasteiger partial charge in [-0.1, -0.05) is 11.6 Å². The van der Waals surface area contributed by atoms with Crippen LogP contribution >= 0.6 is 0 Å². The van der Waals surface area contributed by atoms with E-state index in [0.29, 0.717) is 29.7 Å². The Bertz CT molecular complexity index is 855. The molecule has 1 heterocycles. The molecule has 0 aliphatic carbocycles. The quantitative estimate of drug-likeness (QED) is 0.578. The monoisotopic (exact) mass is 340 g/mol. The summed E-state index contributed by atoms with van der Waals surface area (Å²) in [6.45, 7) is 5.80. The van der Waals surface area contributed by atoms with Gasteiger partial charge in [-0.2, -0.15) is 0 Å². The third-order valence-corrected chi connectivity index (χ3v) is 4.47. The van der Waals surface area contributed by atoms with Crippen molar-refractivity contribution in [2.75, 3.05) is 0 Å². The van der Waals surface area contributed by atoms with Crippen molar-refractivity contribution in [3.8, 4) is 23.0 Å². The number of fused-ring (bicyclic) bond motifs is 1. The average Bonchev–Trinajstić information content (AvgIpc) is 2.55. The van der Waals surface area contributed by atoms with Gasteiger partial charge in [0.2, 0.25) is 0 Å². The molecule has 3 rings (SSSR count). The molecule has 1 aliphatic heterocycles. The molecular formula is C20H20O5. The molecule has 0 fully saturated rings. The minimum Gasteiger partial charge on any atom is -0.508 e. The van der Waals surface area contributed by atoms with E-state index in [2.05, 4.69) is 6.58 Å². The van der Waals surface area contributed by atoms with E-state index < -0.39 is 5.60 Å². The second-order valence-electron chi connectivity index (χ2n) is 6.54. The average molecular weight is 340 g/mol. The fourth-order valence-corrected chi connectivity index (χ4v) is 3.09. The maximum Gasteiger partial charge on any atom is 0.170 e. The number of phenolic OH excluding ortho intramolecular Hbond substituents is 3. The van der Waals surface area contributed by atoms with E-state index in [0.717, 1.165) is 5.57 Å². The number of carbonyl (C=O) groups is 1. The Hall–Kier alpha value is -2.95. The number of rotatable bonds is 4. The van der Waals surface area contributed by atoms with Gasteiger partial charge in [-0.05, 0) is 49.6 Å². The van der Waals surface area contributed by atoms with Gasteiger partial charge in [0.15, 0.2) is 17.3 Å². The normalized spacial score (nSPS) is 19.2. The molecule has 3 N–H and O–H groups in total. The van der Waals surface area contributed by atoms with Crippen molar-refractivity contribution in [1.29, 1.82) is 0 Å². The van der Waals surface area contributed by atoms with E-state index in [1.807, 2.05) is 6.92 Å². The van der Waals surface area contributed by atoms with Crippen molar-refractivity contribution in [3.63, 3.8) is 0 Å². The molecule has 0 saturated heterocycles. The fraction of sp³-hybridized carbons (Fsp3) is 0.250. The number of Topliss-reactive ketones (excluding diaryl/α,β-unsaturated/α-hetero) is 1. The van der Waals surface area contributed by atoms with E-state index in [1.165, 1.54) is 24.3 Å². The lowest BCUT2D eigenvalue weighted by Crippen LogP contribution is -2.39. The van der Waals surface area contributed by atoms with E-state index in [-0.39, 0.29) is 29.5 Å². The van der Waals surface area contributed by atoms with E-state index in [1.54, 1.807) is 12.1 Å². The van der Waals surface area contributed by atoms with Gasteiger partial charge >= 0.3 is 0 Å². The Balaban J connectivity index is 2.10. The Morgan fingerprint density at radius 1 is 1.16 bits per heavy atom. The number of aromatic hydroxyl groups is 3. The zero-order chi connectivity index (χ0) is 18.2. The summed E-state index contributed by atoms with van der Waals surface area (Å²) in [7, 11) is 0. The highest BCUT2D eigenvalue weighted by Crippen LogP contribution is 2.45. The van der Waals surface area contributed by atoms with Gasteiger partial charge in [0.25, 0.3) is 0 Å². The lowest BCUT2D eigenvalue weighted by atomic mass is 9.80. The van der Waals surface area contributed by atoms with Crippen LogP contribution in [0.1, 0.15) is 42.1 Å². The van der Waals surface area contributed by atoms with Crippen LogP contribution in [0, 0.1) is 0 Å². The number of ether oxygens (including phenoxy) is 1. The molecule has 130 valence electrons. The number of hydrogen-bond donors (Lipinski definition) is 3. The van der Waals surface area contributed by atoms with Crippen molar-refractivity contribution >= 4 is 5.78 Å². The minimum atomic E-state index is -0.998. The van der Waals surface area contributed by atoms with Gasteiger partial charge in [0.05, 0.1) is 12.0 Å². The predicted molar refractivity (Wildman–Crippen MR) is 93.2 cm³/mol. The first-order chi connectivity index (χ1) is 11.8. The van der Waals surface area contributed by atoms with Crippen LogP contribution in [0.4, 0.5) is 0 Å². The van der Waals surface area contributed by atoms with Crippen LogP contribution in [0.3, 0.4) is 0 Å². The summed E-state index contributed by atoms with van der Waals surface area (Å²) in [6.07, 6.45) is 1.21. The van der Waals surface area contributed by atoms with Crippen LogP contribution in [0.5, 0.6) is 23.0 Å². The maximum absolute atomic E-state index is 12.7. The van der Waals surface area contributed by atoms with Gasteiger partial charge in [0.1, 0.15) is 17.1 Å². The molecule has 0 bridgehead atoms. The first-order valence-corrected chi connectivity index (χ1v) is 8.03. The molecule has 0 amide bonds. The Morgan fingerprint density at radius 2 is 1.92 bits per heavy atom. The fourth-order valence-electron chi connectivity index (χ4n) is 3.09. The van der Waals surface area contributed by atoms with E-state index in [9.17, 15) is 20.1 Å². The second-order valence-corrected chi connectivity index (χ2v) is 6.54. The van der Waals surface area contributed by atoms with Crippen LogP contribution in [0.25, 0.3) is 0 Å². The molecule has 25 heavy (non-hydrogen) atoms.